The normalized spacial score (nSPS) is 28.8. The minimum atomic E-state index is 0.556. The zero-order valence-corrected chi connectivity index (χ0v) is 12.1. The summed E-state index contributed by atoms with van der Waals surface area (Å²) in [6.45, 7) is 0.998. The molecule has 0 amide bonds. The van der Waals surface area contributed by atoms with Crippen LogP contribution in [0.3, 0.4) is 0 Å². The Kier molecular flexibility index (Phi) is 6.50. The summed E-state index contributed by atoms with van der Waals surface area (Å²) in [5, 5.41) is 3.58. The van der Waals surface area contributed by atoms with Crippen LogP contribution < -0.4 is 5.32 Å². The van der Waals surface area contributed by atoms with Gasteiger partial charge < -0.3 is 10.1 Å². The number of nitrogens with one attached hydrogen (secondary N) is 1. The summed E-state index contributed by atoms with van der Waals surface area (Å²) in [5.74, 6) is 0.918. The summed E-state index contributed by atoms with van der Waals surface area (Å²) >= 11 is 0. The first-order chi connectivity index (χ1) is 8.90. The van der Waals surface area contributed by atoms with E-state index in [9.17, 15) is 0 Å². The Bertz CT molecular complexity index is 205. The third-order valence-corrected chi connectivity index (χ3v) is 4.91. The lowest BCUT2D eigenvalue weighted by Gasteiger charge is -2.29. The van der Waals surface area contributed by atoms with Gasteiger partial charge in [-0.05, 0) is 57.9 Å². The predicted molar refractivity (Wildman–Crippen MR) is 76.9 cm³/mol. The highest BCUT2D eigenvalue weighted by Gasteiger charge is 2.23. The van der Waals surface area contributed by atoms with E-state index >= 15 is 0 Å². The quantitative estimate of drug-likeness (QED) is 0.750. The van der Waals surface area contributed by atoms with E-state index in [0.717, 1.165) is 18.6 Å². The zero-order valence-electron chi connectivity index (χ0n) is 12.1. The molecule has 1 aliphatic heterocycles. The van der Waals surface area contributed by atoms with Crippen molar-refractivity contribution in [3.05, 3.63) is 0 Å². The summed E-state index contributed by atoms with van der Waals surface area (Å²) in [4.78, 5) is 0. The van der Waals surface area contributed by atoms with E-state index < -0.39 is 0 Å². The van der Waals surface area contributed by atoms with Crippen molar-refractivity contribution in [1.29, 1.82) is 0 Å². The lowest BCUT2D eigenvalue weighted by atomic mass is 9.88. The Labute approximate surface area is 113 Å². The van der Waals surface area contributed by atoms with Gasteiger partial charge in [0.2, 0.25) is 0 Å². The molecule has 2 aliphatic rings. The molecule has 1 saturated heterocycles. The predicted octanol–water partition coefficient (Wildman–Crippen LogP) is 3.89. The molecule has 18 heavy (non-hydrogen) atoms. The molecule has 2 atom stereocenters. The molecule has 1 saturated carbocycles. The second-order valence-corrected chi connectivity index (χ2v) is 6.21. The van der Waals surface area contributed by atoms with Crippen molar-refractivity contribution in [3.8, 4) is 0 Å². The minimum absolute atomic E-state index is 0.556. The monoisotopic (exact) mass is 253 g/mol. The maximum Gasteiger partial charge on any atom is 0.0575 e. The van der Waals surface area contributed by atoms with Gasteiger partial charge in [-0.2, -0.15) is 0 Å². The lowest BCUT2D eigenvalue weighted by Crippen LogP contribution is -2.35. The van der Waals surface area contributed by atoms with Crippen molar-refractivity contribution in [2.75, 3.05) is 13.7 Å². The Hall–Kier alpha value is -0.0800. The van der Waals surface area contributed by atoms with Crippen molar-refractivity contribution in [2.45, 2.75) is 82.8 Å². The minimum Gasteiger partial charge on any atom is -0.378 e. The molecule has 0 radical (unpaired) electrons. The molecule has 2 heteroatoms. The second kappa shape index (κ2) is 8.16. The maximum atomic E-state index is 5.86. The number of hydrogen-bond donors (Lipinski definition) is 1. The van der Waals surface area contributed by atoms with Crippen LogP contribution in [0.2, 0.25) is 0 Å². The van der Waals surface area contributed by atoms with E-state index in [2.05, 4.69) is 12.4 Å². The Morgan fingerprint density at radius 3 is 2.33 bits per heavy atom. The number of rotatable bonds is 5. The van der Waals surface area contributed by atoms with Crippen LogP contribution in [0.25, 0.3) is 0 Å². The molecular weight excluding hydrogens is 222 g/mol. The SMILES string of the molecule is CNC(CCC1CCCCO1)C1CCCCCC1. The zero-order chi connectivity index (χ0) is 12.6. The van der Waals surface area contributed by atoms with E-state index in [1.807, 2.05) is 0 Å². The highest BCUT2D eigenvalue weighted by Crippen LogP contribution is 2.28. The molecule has 2 rings (SSSR count). The van der Waals surface area contributed by atoms with Crippen LogP contribution in [0, 0.1) is 5.92 Å². The highest BCUT2D eigenvalue weighted by atomic mass is 16.5. The van der Waals surface area contributed by atoms with Gasteiger partial charge in [0.05, 0.1) is 6.10 Å². The fourth-order valence-corrected chi connectivity index (χ4v) is 3.73. The van der Waals surface area contributed by atoms with Gasteiger partial charge in [0.25, 0.3) is 0 Å². The maximum absolute atomic E-state index is 5.86. The van der Waals surface area contributed by atoms with Crippen molar-refractivity contribution >= 4 is 0 Å². The summed E-state index contributed by atoms with van der Waals surface area (Å²) in [7, 11) is 2.15. The van der Waals surface area contributed by atoms with Crippen molar-refractivity contribution < 1.29 is 4.74 Å². The van der Waals surface area contributed by atoms with Gasteiger partial charge in [0.15, 0.2) is 0 Å². The fraction of sp³-hybridized carbons (Fsp3) is 1.00. The molecule has 0 aromatic rings. The second-order valence-electron chi connectivity index (χ2n) is 6.21. The molecule has 1 N–H and O–H groups in total. The van der Waals surface area contributed by atoms with Crippen LogP contribution in [-0.4, -0.2) is 25.8 Å². The first-order valence-electron chi connectivity index (χ1n) is 8.19. The molecule has 1 heterocycles. The van der Waals surface area contributed by atoms with E-state index in [1.165, 1.54) is 70.6 Å². The Morgan fingerprint density at radius 2 is 1.72 bits per heavy atom. The van der Waals surface area contributed by atoms with Crippen LogP contribution in [-0.2, 0) is 4.74 Å². The molecule has 0 bridgehead atoms. The molecule has 106 valence electrons. The van der Waals surface area contributed by atoms with E-state index in [4.69, 9.17) is 4.74 Å². The summed E-state index contributed by atoms with van der Waals surface area (Å²) in [5.41, 5.74) is 0. The topological polar surface area (TPSA) is 21.3 Å². The van der Waals surface area contributed by atoms with Crippen LogP contribution in [0.1, 0.15) is 70.6 Å². The van der Waals surface area contributed by atoms with Crippen LogP contribution in [0.4, 0.5) is 0 Å². The van der Waals surface area contributed by atoms with Gasteiger partial charge in [-0.15, -0.1) is 0 Å². The third-order valence-electron chi connectivity index (χ3n) is 4.91. The van der Waals surface area contributed by atoms with Crippen LogP contribution in [0.5, 0.6) is 0 Å². The van der Waals surface area contributed by atoms with Gasteiger partial charge >= 0.3 is 0 Å². The highest BCUT2D eigenvalue weighted by molar-refractivity contribution is 4.79. The molecule has 2 unspecified atom stereocenters. The third kappa shape index (κ3) is 4.55. The Balaban J connectivity index is 1.72. The smallest absolute Gasteiger partial charge is 0.0575 e. The summed E-state index contributed by atoms with van der Waals surface area (Å²) in [6.07, 6.45) is 15.8. The van der Waals surface area contributed by atoms with E-state index in [0.29, 0.717) is 6.10 Å². The molecule has 2 nitrogen and oxygen atoms in total. The largest absolute Gasteiger partial charge is 0.378 e. The number of ether oxygens (including phenoxy) is 1. The van der Waals surface area contributed by atoms with Crippen molar-refractivity contribution in [1.82, 2.24) is 5.32 Å². The first kappa shape index (κ1) is 14.3. The molecule has 0 aromatic heterocycles. The molecule has 0 aromatic carbocycles. The molecule has 2 fully saturated rings. The average Bonchev–Trinajstić information content (AvgIpc) is 2.70. The first-order valence-corrected chi connectivity index (χ1v) is 8.19. The fourth-order valence-electron chi connectivity index (χ4n) is 3.73. The summed E-state index contributed by atoms with van der Waals surface area (Å²) in [6, 6.07) is 0.730. The lowest BCUT2D eigenvalue weighted by molar-refractivity contribution is 0.00747. The van der Waals surface area contributed by atoms with Crippen molar-refractivity contribution in [2.24, 2.45) is 5.92 Å². The summed E-state index contributed by atoms with van der Waals surface area (Å²) < 4.78 is 5.86. The molecule has 0 spiro atoms. The van der Waals surface area contributed by atoms with E-state index in [-0.39, 0.29) is 0 Å². The van der Waals surface area contributed by atoms with Crippen molar-refractivity contribution in [3.63, 3.8) is 0 Å². The van der Waals surface area contributed by atoms with Gasteiger partial charge in [0.1, 0.15) is 0 Å². The van der Waals surface area contributed by atoms with Crippen LogP contribution >= 0.6 is 0 Å². The van der Waals surface area contributed by atoms with Crippen LogP contribution in [0.15, 0.2) is 0 Å². The van der Waals surface area contributed by atoms with Gasteiger partial charge in [-0.3, -0.25) is 0 Å². The van der Waals surface area contributed by atoms with Gasteiger partial charge in [0, 0.05) is 12.6 Å². The van der Waals surface area contributed by atoms with Gasteiger partial charge in [-0.1, -0.05) is 25.7 Å². The van der Waals surface area contributed by atoms with E-state index in [1.54, 1.807) is 0 Å². The average molecular weight is 253 g/mol. The molecule has 1 aliphatic carbocycles. The standard InChI is InChI=1S/C16H31NO/c1-17-16(14-8-4-2-3-5-9-14)12-11-15-10-6-7-13-18-15/h14-17H,2-13H2,1H3. The number of hydrogen-bond acceptors (Lipinski definition) is 2. The Morgan fingerprint density at radius 1 is 1.00 bits per heavy atom. The molecular formula is C16H31NO. The van der Waals surface area contributed by atoms with Gasteiger partial charge in [-0.25, -0.2) is 0 Å².